The fourth-order valence-electron chi connectivity index (χ4n) is 2.07. The van der Waals surface area contributed by atoms with E-state index >= 15 is 0 Å². The first kappa shape index (κ1) is 13.7. The molecule has 0 aliphatic carbocycles. The smallest absolute Gasteiger partial charge is 0.339 e. The number of nitrogens with zero attached hydrogens (tertiary/aromatic N) is 1. The summed E-state index contributed by atoms with van der Waals surface area (Å²) in [6.45, 7) is 0.471. The Hall–Kier alpha value is -1.69. The van der Waals surface area contributed by atoms with Gasteiger partial charge in [0.1, 0.15) is 5.75 Å². The SMILES string of the molecule is COC(=O)c1ccc(OC)cc1N1CC(S)CC1=O. The van der Waals surface area contributed by atoms with Crippen LogP contribution in [-0.2, 0) is 9.53 Å². The summed E-state index contributed by atoms with van der Waals surface area (Å²) < 4.78 is 9.87. The Morgan fingerprint density at radius 3 is 2.68 bits per heavy atom. The molecule has 0 aromatic heterocycles. The molecule has 0 saturated carbocycles. The number of anilines is 1. The van der Waals surface area contributed by atoms with Crippen molar-refractivity contribution in [3.05, 3.63) is 23.8 Å². The number of rotatable bonds is 3. The molecule has 1 fully saturated rings. The zero-order chi connectivity index (χ0) is 14.0. The van der Waals surface area contributed by atoms with Crippen molar-refractivity contribution < 1.29 is 19.1 Å². The molecular formula is C13H15NO4S. The quantitative estimate of drug-likeness (QED) is 0.674. The fraction of sp³-hybridized carbons (Fsp3) is 0.385. The van der Waals surface area contributed by atoms with Gasteiger partial charge in [-0.05, 0) is 12.1 Å². The van der Waals surface area contributed by atoms with Crippen LogP contribution in [0.25, 0.3) is 0 Å². The van der Waals surface area contributed by atoms with Crippen molar-refractivity contribution in [1.82, 2.24) is 0 Å². The minimum atomic E-state index is -0.479. The minimum Gasteiger partial charge on any atom is -0.497 e. The third-order valence-electron chi connectivity index (χ3n) is 3.01. The Morgan fingerprint density at radius 2 is 2.16 bits per heavy atom. The van der Waals surface area contributed by atoms with Gasteiger partial charge >= 0.3 is 5.97 Å². The van der Waals surface area contributed by atoms with Crippen molar-refractivity contribution in [3.8, 4) is 5.75 Å². The Balaban J connectivity index is 2.46. The van der Waals surface area contributed by atoms with Crippen molar-refractivity contribution in [2.24, 2.45) is 0 Å². The van der Waals surface area contributed by atoms with E-state index in [0.29, 0.717) is 30.0 Å². The molecule has 102 valence electrons. The van der Waals surface area contributed by atoms with Crippen LogP contribution in [-0.4, -0.2) is 37.9 Å². The van der Waals surface area contributed by atoms with Crippen LogP contribution in [0.15, 0.2) is 18.2 Å². The molecule has 1 aromatic carbocycles. The Bertz CT molecular complexity index is 517. The van der Waals surface area contributed by atoms with E-state index in [1.165, 1.54) is 14.2 Å². The van der Waals surface area contributed by atoms with Gasteiger partial charge in [0.25, 0.3) is 0 Å². The predicted molar refractivity (Wildman–Crippen MR) is 74.1 cm³/mol. The number of carbonyl (C=O) groups is 2. The van der Waals surface area contributed by atoms with E-state index < -0.39 is 5.97 Å². The highest BCUT2D eigenvalue weighted by molar-refractivity contribution is 7.81. The van der Waals surface area contributed by atoms with Gasteiger partial charge in [0.05, 0.1) is 25.5 Å². The molecule has 6 heteroatoms. The Morgan fingerprint density at radius 1 is 1.42 bits per heavy atom. The van der Waals surface area contributed by atoms with Crippen molar-refractivity contribution in [2.45, 2.75) is 11.7 Å². The van der Waals surface area contributed by atoms with Crippen LogP contribution in [0.2, 0.25) is 0 Å². The van der Waals surface area contributed by atoms with Gasteiger partial charge in [-0.25, -0.2) is 4.79 Å². The summed E-state index contributed by atoms with van der Waals surface area (Å²) in [5.74, 6) is 0.0459. The summed E-state index contributed by atoms with van der Waals surface area (Å²) in [6, 6.07) is 4.92. The molecule has 1 heterocycles. The van der Waals surface area contributed by atoms with E-state index in [-0.39, 0.29) is 11.2 Å². The van der Waals surface area contributed by atoms with Crippen molar-refractivity contribution in [2.75, 3.05) is 25.7 Å². The number of esters is 1. The van der Waals surface area contributed by atoms with E-state index in [0.717, 1.165) is 0 Å². The van der Waals surface area contributed by atoms with Crippen LogP contribution in [0.4, 0.5) is 5.69 Å². The van der Waals surface area contributed by atoms with Gasteiger partial charge in [-0.3, -0.25) is 4.79 Å². The monoisotopic (exact) mass is 281 g/mol. The van der Waals surface area contributed by atoms with E-state index in [1.807, 2.05) is 0 Å². The summed E-state index contributed by atoms with van der Waals surface area (Å²) in [5, 5.41) is -0.0239. The van der Waals surface area contributed by atoms with Gasteiger partial charge < -0.3 is 14.4 Å². The van der Waals surface area contributed by atoms with Gasteiger partial charge in [-0.2, -0.15) is 12.6 Å². The summed E-state index contributed by atoms with van der Waals surface area (Å²) >= 11 is 4.31. The van der Waals surface area contributed by atoms with Crippen molar-refractivity contribution >= 4 is 30.2 Å². The van der Waals surface area contributed by atoms with Gasteiger partial charge in [0.15, 0.2) is 0 Å². The first-order valence-electron chi connectivity index (χ1n) is 5.81. The van der Waals surface area contributed by atoms with Crippen molar-refractivity contribution in [3.63, 3.8) is 0 Å². The number of hydrogen-bond donors (Lipinski definition) is 1. The van der Waals surface area contributed by atoms with E-state index in [1.54, 1.807) is 23.1 Å². The zero-order valence-corrected chi connectivity index (χ0v) is 11.6. The molecule has 1 aliphatic rings. The maximum absolute atomic E-state index is 11.9. The minimum absolute atomic E-state index is 0.0239. The lowest BCUT2D eigenvalue weighted by molar-refractivity contribution is -0.117. The number of methoxy groups -OCH3 is 2. The second-order valence-corrected chi connectivity index (χ2v) is 4.97. The molecule has 1 aromatic rings. The predicted octanol–water partition coefficient (Wildman–Crippen LogP) is 1.52. The molecule has 0 N–H and O–H groups in total. The standard InChI is InChI=1S/C13H15NO4S/c1-17-8-3-4-10(13(16)18-2)11(5-8)14-7-9(19)6-12(14)15/h3-5,9,19H,6-7H2,1-2H3. The third kappa shape index (κ3) is 2.68. The van der Waals surface area contributed by atoms with Gasteiger partial charge in [-0.15, -0.1) is 0 Å². The maximum atomic E-state index is 11.9. The van der Waals surface area contributed by atoms with Crippen LogP contribution in [0.1, 0.15) is 16.8 Å². The number of amides is 1. The summed E-state index contributed by atoms with van der Waals surface area (Å²) in [7, 11) is 2.84. The lowest BCUT2D eigenvalue weighted by Crippen LogP contribution is -2.26. The largest absolute Gasteiger partial charge is 0.497 e. The van der Waals surface area contributed by atoms with Crippen molar-refractivity contribution in [1.29, 1.82) is 0 Å². The molecule has 0 bridgehead atoms. The lowest BCUT2D eigenvalue weighted by Gasteiger charge is -2.19. The van der Waals surface area contributed by atoms with E-state index in [2.05, 4.69) is 12.6 Å². The highest BCUT2D eigenvalue weighted by Gasteiger charge is 2.31. The highest BCUT2D eigenvalue weighted by atomic mass is 32.1. The molecule has 0 spiro atoms. The van der Waals surface area contributed by atoms with Crippen LogP contribution in [0, 0.1) is 0 Å². The molecule has 5 nitrogen and oxygen atoms in total. The van der Waals surface area contributed by atoms with Gasteiger partial charge in [-0.1, -0.05) is 0 Å². The number of carbonyl (C=O) groups excluding carboxylic acids is 2. The molecule has 1 aliphatic heterocycles. The number of ether oxygens (including phenoxy) is 2. The first-order chi connectivity index (χ1) is 9.06. The molecule has 0 radical (unpaired) electrons. The Kier molecular flexibility index (Phi) is 3.99. The van der Waals surface area contributed by atoms with E-state index in [4.69, 9.17) is 9.47 Å². The average Bonchev–Trinajstić information content (AvgIpc) is 2.76. The molecule has 1 unspecified atom stereocenters. The van der Waals surface area contributed by atoms with Crippen LogP contribution in [0.5, 0.6) is 5.75 Å². The molecule has 19 heavy (non-hydrogen) atoms. The van der Waals surface area contributed by atoms with Crippen LogP contribution in [0.3, 0.4) is 0 Å². The van der Waals surface area contributed by atoms with Crippen LogP contribution >= 0.6 is 12.6 Å². The number of benzene rings is 1. The van der Waals surface area contributed by atoms with Crippen LogP contribution < -0.4 is 9.64 Å². The molecule has 1 atom stereocenters. The molecule has 2 rings (SSSR count). The zero-order valence-electron chi connectivity index (χ0n) is 10.8. The molecule has 1 saturated heterocycles. The highest BCUT2D eigenvalue weighted by Crippen LogP contribution is 2.31. The molecule has 1 amide bonds. The average molecular weight is 281 g/mol. The number of thiol groups is 1. The number of hydrogen-bond acceptors (Lipinski definition) is 5. The summed E-state index contributed by atoms with van der Waals surface area (Å²) in [6.07, 6.45) is 0.362. The fourth-order valence-corrected chi connectivity index (χ4v) is 2.39. The second-order valence-electron chi connectivity index (χ2n) is 4.24. The topological polar surface area (TPSA) is 55.8 Å². The summed E-state index contributed by atoms with van der Waals surface area (Å²) in [4.78, 5) is 25.2. The van der Waals surface area contributed by atoms with Gasteiger partial charge in [0, 0.05) is 24.3 Å². The maximum Gasteiger partial charge on any atom is 0.339 e. The Labute approximate surface area is 116 Å². The van der Waals surface area contributed by atoms with Gasteiger partial charge in [0.2, 0.25) is 5.91 Å². The normalized spacial score (nSPS) is 18.6. The third-order valence-corrected chi connectivity index (χ3v) is 3.35. The summed E-state index contributed by atoms with van der Waals surface area (Å²) in [5.41, 5.74) is 0.854. The lowest BCUT2D eigenvalue weighted by atomic mass is 10.1. The van der Waals surface area contributed by atoms with E-state index in [9.17, 15) is 9.59 Å². The second kappa shape index (κ2) is 5.52. The first-order valence-corrected chi connectivity index (χ1v) is 6.33. The molecular weight excluding hydrogens is 266 g/mol.